The molecule has 0 aliphatic heterocycles. The number of amides is 1. The van der Waals surface area contributed by atoms with Gasteiger partial charge in [0.05, 0.1) is 28.9 Å². The summed E-state index contributed by atoms with van der Waals surface area (Å²) in [6.07, 6.45) is -0.156. The molecule has 0 spiro atoms. The molecule has 0 atom stereocenters. The Hall–Kier alpha value is -2.37. The Labute approximate surface area is 187 Å². The maximum atomic E-state index is 12.4. The highest BCUT2D eigenvalue weighted by Gasteiger charge is 2.16. The summed E-state index contributed by atoms with van der Waals surface area (Å²) in [4.78, 5) is 14.3. The van der Waals surface area contributed by atoms with Gasteiger partial charge in [0.2, 0.25) is 5.91 Å². The van der Waals surface area contributed by atoms with Gasteiger partial charge in [0.1, 0.15) is 6.10 Å². The van der Waals surface area contributed by atoms with Crippen molar-refractivity contribution < 1.29 is 9.53 Å². The van der Waals surface area contributed by atoms with E-state index in [0.717, 1.165) is 11.1 Å². The van der Waals surface area contributed by atoms with Crippen LogP contribution < -0.4 is 5.32 Å². The number of rotatable bonds is 9. The molecule has 0 radical (unpaired) electrons. The zero-order valence-corrected chi connectivity index (χ0v) is 18.2. The van der Waals surface area contributed by atoms with Crippen LogP contribution in [0.1, 0.15) is 17.2 Å². The van der Waals surface area contributed by atoms with Gasteiger partial charge in [-0.15, -0.1) is 0 Å². The van der Waals surface area contributed by atoms with Crippen molar-refractivity contribution in [3.05, 3.63) is 100 Å². The van der Waals surface area contributed by atoms with Crippen molar-refractivity contribution in [2.45, 2.75) is 6.10 Å². The van der Waals surface area contributed by atoms with Gasteiger partial charge in [-0.1, -0.05) is 89.9 Å². The molecule has 0 saturated carbocycles. The number of likely N-dealkylation sites (N-methyl/N-ethyl adjacent to an activating group) is 1. The largest absolute Gasteiger partial charge is 0.367 e. The Balaban J connectivity index is 1.54. The SMILES string of the molecule is CN(CCOC(c1ccccc1)c1ccccc1)CC(=O)Nc1c(Cl)cccc1Cl. The molecule has 0 fully saturated rings. The summed E-state index contributed by atoms with van der Waals surface area (Å²) in [5.74, 6) is -0.185. The Bertz CT molecular complexity index is 892. The summed E-state index contributed by atoms with van der Waals surface area (Å²) in [7, 11) is 1.87. The van der Waals surface area contributed by atoms with Crippen LogP contribution in [0.4, 0.5) is 5.69 Å². The number of anilines is 1. The van der Waals surface area contributed by atoms with Gasteiger partial charge in [0.25, 0.3) is 0 Å². The lowest BCUT2D eigenvalue weighted by Gasteiger charge is -2.22. The lowest BCUT2D eigenvalue weighted by Crippen LogP contribution is -2.33. The van der Waals surface area contributed by atoms with Crippen molar-refractivity contribution >= 4 is 34.8 Å². The van der Waals surface area contributed by atoms with E-state index in [9.17, 15) is 4.79 Å². The third-order valence-electron chi connectivity index (χ3n) is 4.60. The number of carbonyl (C=O) groups excluding carboxylic acids is 1. The topological polar surface area (TPSA) is 41.6 Å². The van der Waals surface area contributed by atoms with Gasteiger partial charge in [0, 0.05) is 6.54 Å². The molecule has 6 heteroatoms. The molecule has 1 N–H and O–H groups in total. The predicted molar refractivity (Wildman–Crippen MR) is 123 cm³/mol. The maximum absolute atomic E-state index is 12.4. The number of nitrogens with zero attached hydrogens (tertiary/aromatic N) is 1. The quantitative estimate of drug-likeness (QED) is 0.463. The smallest absolute Gasteiger partial charge is 0.238 e. The van der Waals surface area contributed by atoms with Crippen LogP contribution in [0.25, 0.3) is 0 Å². The molecule has 0 saturated heterocycles. The monoisotopic (exact) mass is 442 g/mol. The molecule has 3 aromatic rings. The second kappa shape index (κ2) is 11.1. The fraction of sp³-hybridized carbons (Fsp3) is 0.208. The van der Waals surface area contributed by atoms with Crippen LogP contribution in [0.2, 0.25) is 10.0 Å². The van der Waals surface area contributed by atoms with E-state index in [4.69, 9.17) is 27.9 Å². The first kappa shape index (κ1) is 22.3. The molecule has 3 aromatic carbocycles. The molecule has 0 unspecified atom stereocenters. The van der Waals surface area contributed by atoms with Gasteiger partial charge in [0.15, 0.2) is 0 Å². The van der Waals surface area contributed by atoms with Crippen LogP contribution in [-0.4, -0.2) is 37.6 Å². The molecule has 0 heterocycles. The van der Waals surface area contributed by atoms with Crippen LogP contribution in [0.3, 0.4) is 0 Å². The van der Waals surface area contributed by atoms with E-state index in [0.29, 0.717) is 28.9 Å². The third kappa shape index (κ3) is 6.31. The van der Waals surface area contributed by atoms with E-state index in [1.807, 2.05) is 48.3 Å². The van der Waals surface area contributed by atoms with E-state index in [-0.39, 0.29) is 18.6 Å². The van der Waals surface area contributed by atoms with Crippen LogP contribution >= 0.6 is 23.2 Å². The lowest BCUT2D eigenvalue weighted by atomic mass is 10.0. The fourth-order valence-electron chi connectivity index (χ4n) is 3.09. The third-order valence-corrected chi connectivity index (χ3v) is 5.23. The average molecular weight is 443 g/mol. The summed E-state index contributed by atoms with van der Waals surface area (Å²) >= 11 is 12.2. The van der Waals surface area contributed by atoms with Crippen molar-refractivity contribution in [1.29, 1.82) is 0 Å². The minimum Gasteiger partial charge on any atom is -0.367 e. The highest BCUT2D eigenvalue weighted by Crippen LogP contribution is 2.29. The number of carbonyl (C=O) groups is 1. The van der Waals surface area contributed by atoms with E-state index in [2.05, 4.69) is 29.6 Å². The standard InChI is InChI=1S/C24H24Cl2N2O2/c1-28(17-22(29)27-23-20(25)13-8-14-21(23)26)15-16-30-24(18-9-4-2-5-10-18)19-11-6-3-7-12-19/h2-14,24H,15-17H2,1H3,(H,27,29). The maximum Gasteiger partial charge on any atom is 0.238 e. The molecule has 4 nitrogen and oxygen atoms in total. The number of para-hydroxylation sites is 1. The minimum absolute atomic E-state index is 0.156. The van der Waals surface area contributed by atoms with Gasteiger partial charge in [-0.25, -0.2) is 0 Å². The van der Waals surface area contributed by atoms with Crippen molar-refractivity contribution in [2.75, 3.05) is 32.1 Å². The van der Waals surface area contributed by atoms with Gasteiger partial charge < -0.3 is 10.1 Å². The van der Waals surface area contributed by atoms with E-state index in [1.165, 1.54) is 0 Å². The molecule has 0 aliphatic carbocycles. The van der Waals surface area contributed by atoms with Gasteiger partial charge in [-0.2, -0.15) is 0 Å². The van der Waals surface area contributed by atoms with Crippen LogP contribution in [0.15, 0.2) is 78.9 Å². The molecule has 1 amide bonds. The fourth-order valence-corrected chi connectivity index (χ4v) is 3.58. The average Bonchev–Trinajstić information content (AvgIpc) is 2.75. The zero-order chi connectivity index (χ0) is 21.3. The first-order chi connectivity index (χ1) is 14.5. The van der Waals surface area contributed by atoms with E-state index < -0.39 is 0 Å². The number of hydrogen-bond acceptors (Lipinski definition) is 3. The lowest BCUT2D eigenvalue weighted by molar-refractivity contribution is -0.117. The number of nitrogens with one attached hydrogen (secondary N) is 1. The van der Waals surface area contributed by atoms with Gasteiger partial charge >= 0.3 is 0 Å². The molecule has 0 aliphatic rings. The van der Waals surface area contributed by atoms with Crippen LogP contribution in [0.5, 0.6) is 0 Å². The van der Waals surface area contributed by atoms with Crippen LogP contribution in [0, 0.1) is 0 Å². The first-order valence-corrected chi connectivity index (χ1v) is 10.4. The summed E-state index contributed by atoms with van der Waals surface area (Å²) in [5.41, 5.74) is 2.62. The Morgan fingerprint density at radius 2 is 1.43 bits per heavy atom. The molecule has 0 aromatic heterocycles. The molecule has 156 valence electrons. The van der Waals surface area contributed by atoms with Crippen molar-refractivity contribution in [1.82, 2.24) is 4.90 Å². The number of halogens is 2. The normalized spacial score (nSPS) is 11.1. The number of ether oxygens (including phenoxy) is 1. The predicted octanol–water partition coefficient (Wildman–Crippen LogP) is 5.67. The molecule has 3 rings (SSSR count). The minimum atomic E-state index is -0.185. The second-order valence-electron chi connectivity index (χ2n) is 6.95. The first-order valence-electron chi connectivity index (χ1n) is 9.68. The molecular weight excluding hydrogens is 419 g/mol. The molecule has 0 bridgehead atoms. The highest BCUT2D eigenvalue weighted by molar-refractivity contribution is 6.39. The van der Waals surface area contributed by atoms with Gasteiger partial charge in [-0.3, -0.25) is 9.69 Å². The molecule has 30 heavy (non-hydrogen) atoms. The van der Waals surface area contributed by atoms with Crippen molar-refractivity contribution in [3.8, 4) is 0 Å². The van der Waals surface area contributed by atoms with E-state index >= 15 is 0 Å². The number of benzene rings is 3. The van der Waals surface area contributed by atoms with Crippen LogP contribution in [-0.2, 0) is 9.53 Å². The second-order valence-corrected chi connectivity index (χ2v) is 7.77. The molecular formula is C24H24Cl2N2O2. The Kier molecular flexibility index (Phi) is 8.29. The highest BCUT2D eigenvalue weighted by atomic mass is 35.5. The van der Waals surface area contributed by atoms with Crippen molar-refractivity contribution in [3.63, 3.8) is 0 Å². The summed E-state index contributed by atoms with van der Waals surface area (Å²) < 4.78 is 6.21. The number of hydrogen-bond donors (Lipinski definition) is 1. The summed E-state index contributed by atoms with van der Waals surface area (Å²) in [6, 6.07) is 25.3. The van der Waals surface area contributed by atoms with E-state index in [1.54, 1.807) is 18.2 Å². The van der Waals surface area contributed by atoms with Gasteiger partial charge in [-0.05, 0) is 30.3 Å². The Morgan fingerprint density at radius 1 is 0.900 bits per heavy atom. The Morgan fingerprint density at radius 3 is 1.97 bits per heavy atom. The summed E-state index contributed by atoms with van der Waals surface area (Å²) in [6.45, 7) is 1.27. The zero-order valence-electron chi connectivity index (χ0n) is 16.7. The summed E-state index contributed by atoms with van der Waals surface area (Å²) in [5, 5.41) is 3.60. The van der Waals surface area contributed by atoms with Crippen molar-refractivity contribution in [2.24, 2.45) is 0 Å².